The van der Waals surface area contributed by atoms with Crippen LogP contribution in [0.2, 0.25) is 0 Å². The third-order valence-electron chi connectivity index (χ3n) is 4.91. The molecule has 0 spiro atoms. The number of carbonyl (C=O) groups is 1. The van der Waals surface area contributed by atoms with E-state index in [-0.39, 0.29) is 21.6 Å². The van der Waals surface area contributed by atoms with Crippen LogP contribution in [0.5, 0.6) is 0 Å². The Morgan fingerprint density at radius 2 is 1.85 bits per heavy atom. The maximum absolute atomic E-state index is 13.2. The molecule has 0 saturated heterocycles. The van der Waals surface area contributed by atoms with Gasteiger partial charge in [0.25, 0.3) is 0 Å². The van der Waals surface area contributed by atoms with E-state index in [2.05, 4.69) is 5.32 Å². The first kappa shape index (κ1) is 17.9. The molecule has 1 aliphatic rings. The summed E-state index contributed by atoms with van der Waals surface area (Å²) < 4.78 is 26.4. The van der Waals surface area contributed by atoms with Crippen LogP contribution in [-0.2, 0) is 14.6 Å². The number of benzene rings is 2. The molecule has 2 heterocycles. The number of aryl methyl sites for hydroxylation is 2. The number of carbonyl (C=O) groups excluding carboxylic acids is 1. The van der Waals surface area contributed by atoms with Crippen LogP contribution in [0, 0.1) is 13.8 Å². The van der Waals surface area contributed by atoms with Crippen molar-refractivity contribution in [2.24, 2.45) is 0 Å². The molecular formula is C21H19NO3S2. The van der Waals surface area contributed by atoms with Gasteiger partial charge >= 0.3 is 0 Å². The van der Waals surface area contributed by atoms with Crippen LogP contribution in [0.4, 0.5) is 5.69 Å². The number of nitrogens with one attached hydrogen (secondary N) is 1. The van der Waals surface area contributed by atoms with Crippen LogP contribution in [0.3, 0.4) is 0 Å². The van der Waals surface area contributed by atoms with Crippen LogP contribution in [-0.4, -0.2) is 14.3 Å². The van der Waals surface area contributed by atoms with E-state index in [9.17, 15) is 13.2 Å². The second-order valence-corrected chi connectivity index (χ2v) is 9.65. The third kappa shape index (κ3) is 3.09. The minimum atomic E-state index is -3.70. The van der Waals surface area contributed by atoms with Crippen LogP contribution in [0.15, 0.2) is 63.7 Å². The predicted molar refractivity (Wildman–Crippen MR) is 107 cm³/mol. The number of hydrogen-bond donors (Lipinski definition) is 1. The summed E-state index contributed by atoms with van der Waals surface area (Å²) in [7, 11) is -3.70. The molecule has 27 heavy (non-hydrogen) atoms. The summed E-state index contributed by atoms with van der Waals surface area (Å²) in [6.07, 6.45) is 0.322. The summed E-state index contributed by atoms with van der Waals surface area (Å²) in [5, 5.41) is 4.46. The summed E-state index contributed by atoms with van der Waals surface area (Å²) in [6, 6.07) is 14.8. The maximum Gasteiger partial charge on any atom is 0.225 e. The Hall–Kier alpha value is -2.44. The van der Waals surface area contributed by atoms with Gasteiger partial charge in [-0.25, -0.2) is 8.42 Å². The summed E-state index contributed by atoms with van der Waals surface area (Å²) in [5.41, 5.74) is 3.47. The molecular weight excluding hydrogens is 378 g/mol. The minimum absolute atomic E-state index is 0.124. The number of rotatable bonds is 3. The molecule has 0 saturated carbocycles. The lowest BCUT2D eigenvalue weighted by molar-refractivity contribution is -0.116. The van der Waals surface area contributed by atoms with E-state index in [1.807, 2.05) is 44.2 Å². The fourth-order valence-electron chi connectivity index (χ4n) is 3.54. The van der Waals surface area contributed by atoms with Crippen LogP contribution in [0.25, 0.3) is 0 Å². The maximum atomic E-state index is 13.2. The number of fused-ring (bicyclic) bond motifs is 1. The van der Waals surface area contributed by atoms with E-state index in [1.165, 1.54) is 11.3 Å². The lowest BCUT2D eigenvalue weighted by Crippen LogP contribution is -2.23. The molecule has 1 unspecified atom stereocenters. The third-order valence-corrected chi connectivity index (χ3v) is 7.93. The lowest BCUT2D eigenvalue weighted by atomic mass is 9.88. The summed E-state index contributed by atoms with van der Waals surface area (Å²) in [4.78, 5) is 13.7. The molecule has 138 valence electrons. The Morgan fingerprint density at radius 1 is 1.07 bits per heavy atom. The number of thiophene rings is 1. The van der Waals surface area contributed by atoms with E-state index in [4.69, 9.17) is 0 Å². The molecule has 0 fully saturated rings. The molecule has 3 aromatic rings. The zero-order valence-corrected chi connectivity index (χ0v) is 16.7. The van der Waals surface area contributed by atoms with Gasteiger partial charge in [0.1, 0.15) is 4.90 Å². The highest BCUT2D eigenvalue weighted by molar-refractivity contribution is 7.91. The molecule has 6 heteroatoms. The van der Waals surface area contributed by atoms with Gasteiger partial charge in [-0.3, -0.25) is 4.79 Å². The molecule has 0 bridgehead atoms. The fraction of sp³-hybridized carbons (Fsp3) is 0.190. The number of hydrogen-bond acceptors (Lipinski definition) is 4. The average molecular weight is 398 g/mol. The lowest BCUT2D eigenvalue weighted by Gasteiger charge is -2.25. The molecule has 1 atom stereocenters. The molecule has 0 aliphatic carbocycles. The molecule has 4 rings (SSSR count). The van der Waals surface area contributed by atoms with E-state index >= 15 is 0 Å². The largest absolute Gasteiger partial charge is 0.324 e. The van der Waals surface area contributed by atoms with E-state index < -0.39 is 9.84 Å². The zero-order chi connectivity index (χ0) is 19.2. The highest BCUT2D eigenvalue weighted by atomic mass is 32.2. The standard InChI is InChI=1S/C21H19NO3S2/c1-13-6-5-8-15(10-13)27(24,25)18-12-26-21-17(11-19(23)22-20(18)21)16-9-4-3-7-14(16)2/h3-10,12,17H,11H2,1-2H3,(H,22,23). The van der Waals surface area contributed by atoms with Crippen LogP contribution >= 0.6 is 11.3 Å². The first-order valence-corrected chi connectivity index (χ1v) is 11.0. The second-order valence-electron chi connectivity index (χ2n) is 6.82. The second kappa shape index (κ2) is 6.62. The minimum Gasteiger partial charge on any atom is -0.324 e. The summed E-state index contributed by atoms with van der Waals surface area (Å²) in [5.74, 6) is -0.281. The number of amides is 1. The first-order chi connectivity index (χ1) is 12.9. The summed E-state index contributed by atoms with van der Waals surface area (Å²) >= 11 is 1.40. The SMILES string of the molecule is Cc1cccc(S(=O)(=O)c2csc3c2NC(=O)CC3c2ccccc2C)c1. The molecule has 1 N–H and O–H groups in total. The van der Waals surface area contributed by atoms with E-state index in [0.29, 0.717) is 12.1 Å². The Morgan fingerprint density at radius 3 is 2.59 bits per heavy atom. The molecule has 1 aliphatic heterocycles. The van der Waals surface area contributed by atoms with Crippen LogP contribution < -0.4 is 5.32 Å². The van der Waals surface area contributed by atoms with E-state index in [0.717, 1.165) is 21.6 Å². The fourth-order valence-corrected chi connectivity index (χ4v) is 6.54. The molecule has 1 aromatic heterocycles. The predicted octanol–water partition coefficient (Wildman–Crippen LogP) is 4.67. The molecule has 2 aromatic carbocycles. The van der Waals surface area contributed by atoms with Crippen LogP contribution in [0.1, 0.15) is 33.9 Å². The number of anilines is 1. The van der Waals surface area contributed by atoms with Gasteiger partial charge in [-0.15, -0.1) is 11.3 Å². The van der Waals surface area contributed by atoms with Crippen molar-refractivity contribution in [3.63, 3.8) is 0 Å². The van der Waals surface area contributed by atoms with Gasteiger partial charge in [0.15, 0.2) is 0 Å². The first-order valence-electron chi connectivity index (χ1n) is 8.66. The topological polar surface area (TPSA) is 63.2 Å². The van der Waals surface area contributed by atoms with Crippen molar-refractivity contribution >= 4 is 32.8 Å². The number of sulfone groups is 1. The van der Waals surface area contributed by atoms with Crippen molar-refractivity contribution in [1.29, 1.82) is 0 Å². The van der Waals surface area contributed by atoms with Gasteiger partial charge in [0, 0.05) is 22.6 Å². The monoisotopic (exact) mass is 397 g/mol. The van der Waals surface area contributed by atoms with Gasteiger partial charge < -0.3 is 5.32 Å². The normalized spacial score (nSPS) is 16.7. The Labute approximate surface area is 162 Å². The quantitative estimate of drug-likeness (QED) is 0.698. The Balaban J connectivity index is 1.86. The molecule has 4 nitrogen and oxygen atoms in total. The summed E-state index contributed by atoms with van der Waals surface area (Å²) in [6.45, 7) is 3.87. The van der Waals surface area contributed by atoms with Gasteiger partial charge in [0.2, 0.25) is 15.7 Å². The van der Waals surface area contributed by atoms with Crippen molar-refractivity contribution in [2.45, 2.75) is 36.0 Å². The smallest absolute Gasteiger partial charge is 0.225 e. The highest BCUT2D eigenvalue weighted by Crippen LogP contribution is 2.46. The Kier molecular flexibility index (Phi) is 4.40. The highest BCUT2D eigenvalue weighted by Gasteiger charge is 2.34. The zero-order valence-electron chi connectivity index (χ0n) is 15.0. The molecule has 1 amide bonds. The van der Waals surface area contributed by atoms with Crippen molar-refractivity contribution in [2.75, 3.05) is 5.32 Å². The molecule has 0 radical (unpaired) electrons. The van der Waals surface area contributed by atoms with Crippen molar-refractivity contribution in [1.82, 2.24) is 0 Å². The van der Waals surface area contributed by atoms with Crippen molar-refractivity contribution < 1.29 is 13.2 Å². The van der Waals surface area contributed by atoms with E-state index in [1.54, 1.807) is 23.6 Å². The Bertz CT molecular complexity index is 1150. The van der Waals surface area contributed by atoms with Gasteiger partial charge in [-0.2, -0.15) is 0 Å². The average Bonchev–Trinajstić information content (AvgIpc) is 3.06. The van der Waals surface area contributed by atoms with Crippen molar-refractivity contribution in [3.8, 4) is 0 Å². The van der Waals surface area contributed by atoms with Gasteiger partial charge in [0.05, 0.1) is 10.6 Å². The van der Waals surface area contributed by atoms with Gasteiger partial charge in [-0.1, -0.05) is 36.4 Å². The van der Waals surface area contributed by atoms with Crippen molar-refractivity contribution in [3.05, 3.63) is 75.5 Å². The van der Waals surface area contributed by atoms with Gasteiger partial charge in [-0.05, 0) is 42.7 Å².